The van der Waals surface area contributed by atoms with E-state index >= 15 is 0 Å². The molecule has 0 saturated carbocycles. The fourth-order valence-corrected chi connectivity index (χ4v) is 2.51. The van der Waals surface area contributed by atoms with Crippen molar-refractivity contribution in [3.05, 3.63) is 53.6 Å². The number of fused-ring (bicyclic) bond motifs is 1. The normalized spacial score (nSPS) is 11.9. The lowest BCUT2D eigenvalue weighted by atomic mass is 10.2. The first-order valence-electron chi connectivity index (χ1n) is 8.59. The molecule has 0 aromatic heterocycles. The zero-order chi connectivity index (χ0) is 19.9. The van der Waals surface area contributed by atoms with E-state index in [2.05, 4.69) is 10.9 Å². The summed E-state index contributed by atoms with van der Waals surface area (Å²) in [7, 11) is 1.56. The molecule has 0 unspecified atom stereocenters. The van der Waals surface area contributed by atoms with Crippen molar-refractivity contribution in [2.45, 2.75) is 6.92 Å². The van der Waals surface area contributed by atoms with Crippen LogP contribution in [0.25, 0.3) is 6.08 Å². The van der Waals surface area contributed by atoms with Crippen LogP contribution in [0.5, 0.6) is 23.0 Å². The molecule has 0 spiro atoms. The van der Waals surface area contributed by atoms with E-state index < -0.39 is 11.8 Å². The van der Waals surface area contributed by atoms with Crippen molar-refractivity contribution < 1.29 is 28.5 Å². The largest absolute Gasteiger partial charge is 0.493 e. The smallest absolute Gasteiger partial charge is 0.269 e. The van der Waals surface area contributed by atoms with Gasteiger partial charge in [-0.3, -0.25) is 20.4 Å². The molecular formula is C20H20N2O6. The highest BCUT2D eigenvalue weighted by Gasteiger charge is 2.16. The van der Waals surface area contributed by atoms with Gasteiger partial charge in [-0.1, -0.05) is 6.07 Å². The highest BCUT2D eigenvalue weighted by atomic mass is 16.7. The molecule has 0 radical (unpaired) electrons. The lowest BCUT2D eigenvalue weighted by Gasteiger charge is -2.09. The molecule has 0 atom stereocenters. The van der Waals surface area contributed by atoms with Crippen LogP contribution in [0.15, 0.2) is 42.5 Å². The second-order valence-electron chi connectivity index (χ2n) is 5.69. The van der Waals surface area contributed by atoms with Crippen LogP contribution in [-0.2, 0) is 4.79 Å². The quantitative estimate of drug-likeness (QED) is 0.586. The zero-order valence-electron chi connectivity index (χ0n) is 15.5. The van der Waals surface area contributed by atoms with E-state index in [4.69, 9.17) is 18.9 Å². The highest BCUT2D eigenvalue weighted by Crippen LogP contribution is 2.32. The maximum Gasteiger partial charge on any atom is 0.269 e. The molecule has 1 aliphatic rings. The first-order valence-corrected chi connectivity index (χ1v) is 8.59. The molecule has 2 N–H and O–H groups in total. The maximum atomic E-state index is 12.1. The number of rotatable bonds is 6. The minimum Gasteiger partial charge on any atom is -0.493 e. The molecule has 2 aromatic carbocycles. The SMILES string of the molecule is CCOc1cc(/C=C/C(=O)NNC(=O)c2ccc3c(c2)OCO3)ccc1OC. The molecular weight excluding hydrogens is 364 g/mol. The Morgan fingerprint density at radius 3 is 2.68 bits per heavy atom. The first kappa shape index (κ1) is 19.1. The van der Waals surface area contributed by atoms with Gasteiger partial charge in [0, 0.05) is 11.6 Å². The topological polar surface area (TPSA) is 95.1 Å². The lowest BCUT2D eigenvalue weighted by molar-refractivity contribution is -0.117. The van der Waals surface area contributed by atoms with Crippen LogP contribution in [0.2, 0.25) is 0 Å². The third kappa shape index (κ3) is 4.53. The summed E-state index contributed by atoms with van der Waals surface area (Å²) in [5.41, 5.74) is 5.76. The minimum absolute atomic E-state index is 0.123. The van der Waals surface area contributed by atoms with Crippen molar-refractivity contribution >= 4 is 17.9 Å². The van der Waals surface area contributed by atoms with Crippen molar-refractivity contribution in [3.8, 4) is 23.0 Å². The minimum atomic E-state index is -0.483. The predicted octanol–water partition coefficient (Wildman–Crippen LogP) is 2.30. The van der Waals surface area contributed by atoms with Gasteiger partial charge in [0.25, 0.3) is 11.8 Å². The van der Waals surface area contributed by atoms with Crippen molar-refractivity contribution in [1.29, 1.82) is 0 Å². The van der Waals surface area contributed by atoms with Crippen molar-refractivity contribution in [3.63, 3.8) is 0 Å². The van der Waals surface area contributed by atoms with E-state index in [0.717, 1.165) is 5.56 Å². The summed E-state index contributed by atoms with van der Waals surface area (Å²) in [5.74, 6) is 1.31. The number of amides is 2. The summed E-state index contributed by atoms with van der Waals surface area (Å²) in [6, 6.07) is 10.1. The number of methoxy groups -OCH3 is 1. The lowest BCUT2D eigenvalue weighted by Crippen LogP contribution is -2.40. The Labute approximate surface area is 162 Å². The molecule has 0 bridgehead atoms. The molecule has 3 rings (SSSR count). The second kappa shape index (κ2) is 8.81. The summed E-state index contributed by atoms with van der Waals surface area (Å²) in [4.78, 5) is 24.1. The molecule has 0 saturated heterocycles. The second-order valence-corrected chi connectivity index (χ2v) is 5.69. The van der Waals surface area contributed by atoms with Crippen molar-refractivity contribution in [1.82, 2.24) is 10.9 Å². The first-order chi connectivity index (χ1) is 13.6. The Morgan fingerprint density at radius 1 is 1.07 bits per heavy atom. The van der Waals surface area contributed by atoms with Gasteiger partial charge in [-0.05, 0) is 48.9 Å². The molecule has 146 valence electrons. The van der Waals surface area contributed by atoms with Crippen LogP contribution in [0.4, 0.5) is 0 Å². The third-order valence-electron chi connectivity index (χ3n) is 3.85. The predicted molar refractivity (Wildman–Crippen MR) is 101 cm³/mol. The molecule has 2 amide bonds. The number of benzene rings is 2. The van der Waals surface area contributed by atoms with E-state index in [0.29, 0.717) is 35.2 Å². The van der Waals surface area contributed by atoms with Crippen molar-refractivity contribution in [2.75, 3.05) is 20.5 Å². The molecule has 1 heterocycles. The molecule has 0 fully saturated rings. The Balaban J connectivity index is 1.56. The number of hydrogen-bond acceptors (Lipinski definition) is 6. The van der Waals surface area contributed by atoms with Crippen molar-refractivity contribution in [2.24, 2.45) is 0 Å². The molecule has 0 aliphatic carbocycles. The number of carbonyl (C=O) groups is 2. The van der Waals surface area contributed by atoms with Crippen LogP contribution in [0.1, 0.15) is 22.8 Å². The monoisotopic (exact) mass is 384 g/mol. The van der Waals surface area contributed by atoms with Gasteiger partial charge < -0.3 is 18.9 Å². The van der Waals surface area contributed by atoms with Gasteiger partial charge in [-0.15, -0.1) is 0 Å². The van der Waals surface area contributed by atoms with E-state index in [1.165, 1.54) is 6.08 Å². The van der Waals surface area contributed by atoms with Crippen LogP contribution in [0, 0.1) is 0 Å². The molecule has 8 heteroatoms. The standard InChI is InChI=1S/C20H20N2O6/c1-3-26-17-10-13(4-7-15(17)25-2)5-9-19(23)21-22-20(24)14-6-8-16-18(11-14)28-12-27-16/h4-11H,3,12H2,1-2H3,(H,21,23)(H,22,24)/b9-5+. The summed E-state index contributed by atoms with van der Waals surface area (Å²) >= 11 is 0. The van der Waals surface area contributed by atoms with Gasteiger partial charge in [0.1, 0.15) is 0 Å². The van der Waals surface area contributed by atoms with Crippen LogP contribution in [-0.4, -0.2) is 32.3 Å². The van der Waals surface area contributed by atoms with Crippen LogP contribution >= 0.6 is 0 Å². The molecule has 8 nitrogen and oxygen atoms in total. The summed E-state index contributed by atoms with van der Waals surface area (Å²) in [6.45, 7) is 2.49. The summed E-state index contributed by atoms with van der Waals surface area (Å²) in [6.07, 6.45) is 2.90. The Kier molecular flexibility index (Phi) is 6.01. The summed E-state index contributed by atoms with van der Waals surface area (Å²) in [5, 5.41) is 0. The Hall–Kier alpha value is -3.68. The Bertz CT molecular complexity index is 910. The van der Waals surface area contributed by atoms with E-state index in [9.17, 15) is 9.59 Å². The average Bonchev–Trinajstić information content (AvgIpc) is 3.18. The summed E-state index contributed by atoms with van der Waals surface area (Å²) < 4.78 is 21.1. The number of nitrogens with one attached hydrogen (secondary N) is 2. The number of ether oxygens (including phenoxy) is 4. The Morgan fingerprint density at radius 2 is 1.89 bits per heavy atom. The van der Waals surface area contributed by atoms with Gasteiger partial charge in [-0.2, -0.15) is 0 Å². The van der Waals surface area contributed by atoms with Gasteiger partial charge >= 0.3 is 0 Å². The maximum absolute atomic E-state index is 12.1. The number of hydrazine groups is 1. The third-order valence-corrected chi connectivity index (χ3v) is 3.85. The van der Waals surface area contributed by atoms with Crippen LogP contribution in [0.3, 0.4) is 0 Å². The molecule has 2 aromatic rings. The van der Waals surface area contributed by atoms with Crippen LogP contribution < -0.4 is 29.8 Å². The fourth-order valence-electron chi connectivity index (χ4n) is 2.51. The fraction of sp³-hybridized carbons (Fsp3) is 0.200. The van der Waals surface area contributed by atoms with Gasteiger partial charge in [0.2, 0.25) is 6.79 Å². The average molecular weight is 384 g/mol. The van der Waals surface area contributed by atoms with E-state index in [1.54, 1.807) is 49.6 Å². The van der Waals surface area contributed by atoms with Gasteiger partial charge in [-0.25, -0.2) is 0 Å². The van der Waals surface area contributed by atoms with E-state index in [-0.39, 0.29) is 6.79 Å². The highest BCUT2D eigenvalue weighted by molar-refractivity contribution is 5.98. The van der Waals surface area contributed by atoms with Gasteiger partial charge in [0.05, 0.1) is 13.7 Å². The number of carbonyl (C=O) groups excluding carboxylic acids is 2. The van der Waals surface area contributed by atoms with Gasteiger partial charge in [0.15, 0.2) is 23.0 Å². The van der Waals surface area contributed by atoms with E-state index in [1.807, 2.05) is 6.92 Å². The molecule has 1 aliphatic heterocycles. The number of hydrogen-bond donors (Lipinski definition) is 2. The molecule has 28 heavy (non-hydrogen) atoms. The zero-order valence-corrected chi connectivity index (χ0v) is 15.5.